The van der Waals surface area contributed by atoms with Crippen LogP contribution in [0.25, 0.3) is 0 Å². The molecular weight excluding hydrogens is 331 g/mol. The molecule has 1 aromatic carbocycles. The Balaban J connectivity index is 1.54. The van der Waals surface area contributed by atoms with Gasteiger partial charge in [0.05, 0.1) is 12.7 Å². The second-order valence-corrected chi connectivity index (χ2v) is 6.09. The number of piperidine rings is 1. The Kier molecular flexibility index (Phi) is 5.48. The van der Waals surface area contributed by atoms with Crippen molar-refractivity contribution in [1.82, 2.24) is 9.97 Å². The van der Waals surface area contributed by atoms with Crippen molar-refractivity contribution < 1.29 is 9.13 Å². The molecule has 2 aromatic rings. The highest BCUT2D eigenvalue weighted by Gasteiger charge is 2.23. The number of benzene rings is 1. The Labute approximate surface area is 145 Å². The number of halogens is 2. The summed E-state index contributed by atoms with van der Waals surface area (Å²) in [5.74, 6) is 0.602. The van der Waals surface area contributed by atoms with Crippen LogP contribution in [0, 0.1) is 5.82 Å². The van der Waals surface area contributed by atoms with Crippen molar-refractivity contribution >= 4 is 23.1 Å². The SMILES string of the molecule is CNc1c(Cl)ncnc1N1CCC(OCc2ccc(F)cc2)CC1. The largest absolute Gasteiger partial charge is 0.383 e. The monoisotopic (exact) mass is 350 g/mol. The minimum absolute atomic E-state index is 0.196. The Bertz CT molecular complexity index is 675. The molecule has 0 atom stereocenters. The van der Waals surface area contributed by atoms with E-state index in [0.717, 1.165) is 43.0 Å². The maximum atomic E-state index is 12.9. The summed E-state index contributed by atoms with van der Waals surface area (Å²) in [5, 5.41) is 3.49. The zero-order chi connectivity index (χ0) is 16.9. The molecule has 1 aliphatic heterocycles. The predicted molar refractivity (Wildman–Crippen MR) is 93.0 cm³/mol. The van der Waals surface area contributed by atoms with E-state index < -0.39 is 0 Å². The minimum Gasteiger partial charge on any atom is -0.383 e. The van der Waals surface area contributed by atoms with E-state index in [1.165, 1.54) is 18.5 Å². The fourth-order valence-electron chi connectivity index (χ4n) is 2.84. The summed E-state index contributed by atoms with van der Waals surface area (Å²) < 4.78 is 18.9. The van der Waals surface area contributed by atoms with Crippen LogP contribution in [0.4, 0.5) is 15.9 Å². The lowest BCUT2D eigenvalue weighted by molar-refractivity contribution is 0.0250. The van der Waals surface area contributed by atoms with Crippen molar-refractivity contribution in [2.75, 3.05) is 30.4 Å². The Morgan fingerprint density at radius 2 is 1.96 bits per heavy atom. The average molecular weight is 351 g/mol. The first-order valence-corrected chi connectivity index (χ1v) is 8.34. The number of hydrogen-bond donors (Lipinski definition) is 1. The predicted octanol–water partition coefficient (Wildman–Crippen LogP) is 3.50. The minimum atomic E-state index is -0.226. The molecule has 0 radical (unpaired) electrons. The zero-order valence-electron chi connectivity index (χ0n) is 13.5. The summed E-state index contributed by atoms with van der Waals surface area (Å²) >= 11 is 6.11. The van der Waals surface area contributed by atoms with E-state index in [1.54, 1.807) is 12.1 Å². The van der Waals surface area contributed by atoms with Crippen LogP contribution in [0.3, 0.4) is 0 Å². The van der Waals surface area contributed by atoms with Crippen LogP contribution in [-0.2, 0) is 11.3 Å². The summed E-state index contributed by atoms with van der Waals surface area (Å²) in [6, 6.07) is 6.43. The zero-order valence-corrected chi connectivity index (χ0v) is 14.3. The molecule has 1 aromatic heterocycles. The number of nitrogens with zero attached hydrogens (tertiary/aromatic N) is 3. The molecule has 128 valence electrons. The van der Waals surface area contributed by atoms with Gasteiger partial charge in [0, 0.05) is 20.1 Å². The summed E-state index contributed by atoms with van der Waals surface area (Å²) in [4.78, 5) is 10.5. The van der Waals surface area contributed by atoms with E-state index in [0.29, 0.717) is 11.8 Å². The lowest BCUT2D eigenvalue weighted by Crippen LogP contribution is -2.37. The Hall–Kier alpha value is -1.92. The number of nitrogens with one attached hydrogen (secondary N) is 1. The van der Waals surface area contributed by atoms with Crippen LogP contribution in [0.5, 0.6) is 0 Å². The maximum absolute atomic E-state index is 12.9. The van der Waals surface area contributed by atoms with E-state index in [-0.39, 0.29) is 11.9 Å². The first-order valence-electron chi connectivity index (χ1n) is 7.96. The smallest absolute Gasteiger partial charge is 0.157 e. The van der Waals surface area contributed by atoms with Gasteiger partial charge in [-0.15, -0.1) is 0 Å². The fourth-order valence-corrected chi connectivity index (χ4v) is 3.06. The second kappa shape index (κ2) is 7.77. The molecular formula is C17H20ClFN4O. The number of anilines is 2. The molecule has 0 amide bonds. The van der Waals surface area contributed by atoms with Crippen LogP contribution in [0.15, 0.2) is 30.6 Å². The lowest BCUT2D eigenvalue weighted by atomic mass is 10.1. The quantitative estimate of drug-likeness (QED) is 0.836. The van der Waals surface area contributed by atoms with E-state index in [9.17, 15) is 4.39 Å². The van der Waals surface area contributed by atoms with Crippen molar-refractivity contribution in [2.45, 2.75) is 25.6 Å². The highest BCUT2D eigenvalue weighted by Crippen LogP contribution is 2.31. The number of hydrogen-bond acceptors (Lipinski definition) is 5. The van der Waals surface area contributed by atoms with Crippen molar-refractivity contribution in [3.05, 3.63) is 47.1 Å². The van der Waals surface area contributed by atoms with E-state index in [1.807, 2.05) is 7.05 Å². The van der Waals surface area contributed by atoms with Crippen LogP contribution in [-0.4, -0.2) is 36.2 Å². The molecule has 0 saturated carbocycles. The summed E-state index contributed by atoms with van der Waals surface area (Å²) in [7, 11) is 1.81. The molecule has 3 rings (SSSR count). The normalized spacial score (nSPS) is 15.5. The van der Waals surface area contributed by atoms with Crippen molar-refractivity contribution in [3.8, 4) is 0 Å². The van der Waals surface area contributed by atoms with Gasteiger partial charge in [-0.05, 0) is 30.5 Å². The van der Waals surface area contributed by atoms with Gasteiger partial charge in [0.2, 0.25) is 0 Å². The molecule has 0 aliphatic carbocycles. The average Bonchev–Trinajstić information content (AvgIpc) is 2.61. The molecule has 5 nitrogen and oxygen atoms in total. The van der Waals surface area contributed by atoms with Gasteiger partial charge in [-0.2, -0.15) is 0 Å². The van der Waals surface area contributed by atoms with Crippen LogP contribution >= 0.6 is 11.6 Å². The summed E-state index contributed by atoms with van der Waals surface area (Å²) in [5.41, 5.74) is 1.74. The summed E-state index contributed by atoms with van der Waals surface area (Å²) in [6.45, 7) is 2.19. The molecule has 0 spiro atoms. The second-order valence-electron chi connectivity index (χ2n) is 5.74. The van der Waals surface area contributed by atoms with Crippen LogP contribution < -0.4 is 10.2 Å². The van der Waals surface area contributed by atoms with E-state index in [2.05, 4.69) is 20.2 Å². The molecule has 24 heavy (non-hydrogen) atoms. The first-order chi connectivity index (χ1) is 11.7. The Morgan fingerprint density at radius 1 is 1.25 bits per heavy atom. The first kappa shape index (κ1) is 16.9. The van der Waals surface area contributed by atoms with Crippen LogP contribution in [0.2, 0.25) is 5.15 Å². The van der Waals surface area contributed by atoms with Crippen molar-refractivity contribution in [1.29, 1.82) is 0 Å². The van der Waals surface area contributed by atoms with Gasteiger partial charge >= 0.3 is 0 Å². The fraction of sp³-hybridized carbons (Fsp3) is 0.412. The van der Waals surface area contributed by atoms with E-state index in [4.69, 9.17) is 16.3 Å². The van der Waals surface area contributed by atoms with Crippen LogP contribution in [0.1, 0.15) is 18.4 Å². The maximum Gasteiger partial charge on any atom is 0.157 e. The van der Waals surface area contributed by atoms with Gasteiger partial charge in [0.15, 0.2) is 11.0 Å². The molecule has 1 aliphatic rings. The molecule has 1 saturated heterocycles. The summed E-state index contributed by atoms with van der Waals surface area (Å²) in [6.07, 6.45) is 3.50. The number of aromatic nitrogens is 2. The Morgan fingerprint density at radius 3 is 2.62 bits per heavy atom. The molecule has 2 heterocycles. The van der Waals surface area contributed by atoms with Gasteiger partial charge in [-0.3, -0.25) is 0 Å². The van der Waals surface area contributed by atoms with Gasteiger partial charge in [0.1, 0.15) is 17.8 Å². The number of rotatable bonds is 5. The van der Waals surface area contributed by atoms with Gasteiger partial charge in [-0.1, -0.05) is 23.7 Å². The third-order valence-electron chi connectivity index (χ3n) is 4.17. The molecule has 0 bridgehead atoms. The lowest BCUT2D eigenvalue weighted by Gasteiger charge is -2.33. The van der Waals surface area contributed by atoms with Gasteiger partial charge in [-0.25, -0.2) is 14.4 Å². The van der Waals surface area contributed by atoms with E-state index >= 15 is 0 Å². The van der Waals surface area contributed by atoms with Gasteiger partial charge in [0.25, 0.3) is 0 Å². The standard InChI is InChI=1S/C17H20ClFN4O/c1-20-15-16(18)21-11-22-17(15)23-8-6-14(7-9-23)24-10-12-2-4-13(19)5-3-12/h2-5,11,14,20H,6-10H2,1H3. The van der Waals surface area contributed by atoms with Gasteiger partial charge < -0.3 is 15.0 Å². The molecule has 0 unspecified atom stereocenters. The number of ether oxygens (including phenoxy) is 1. The molecule has 1 N–H and O–H groups in total. The van der Waals surface area contributed by atoms with Crippen molar-refractivity contribution in [3.63, 3.8) is 0 Å². The highest BCUT2D eigenvalue weighted by molar-refractivity contribution is 6.32. The third-order valence-corrected chi connectivity index (χ3v) is 4.46. The van der Waals surface area contributed by atoms with Crippen molar-refractivity contribution in [2.24, 2.45) is 0 Å². The third kappa shape index (κ3) is 3.94. The highest BCUT2D eigenvalue weighted by atomic mass is 35.5. The topological polar surface area (TPSA) is 50.3 Å². The molecule has 1 fully saturated rings. The molecule has 7 heteroatoms.